The molecule has 0 radical (unpaired) electrons. The Morgan fingerprint density at radius 3 is 2.39 bits per heavy atom. The van der Waals surface area contributed by atoms with Crippen LogP contribution < -0.4 is 5.32 Å². The molecule has 0 saturated carbocycles. The maximum atomic E-state index is 9.68. The van der Waals surface area contributed by atoms with E-state index in [2.05, 4.69) is 5.32 Å². The Morgan fingerprint density at radius 2 is 1.67 bits per heavy atom. The highest BCUT2D eigenvalue weighted by Gasteiger charge is 2.04. The zero-order valence-electron chi connectivity index (χ0n) is 10.6. The predicted octanol–water partition coefficient (Wildman–Crippen LogP) is 3.33. The number of hydrogen-bond donors (Lipinski definition) is 3. The molecule has 0 aliphatic heterocycles. The van der Waals surface area contributed by atoms with Crippen molar-refractivity contribution in [1.29, 1.82) is 0 Å². The molecule has 0 spiro atoms. The van der Waals surface area contributed by atoms with E-state index in [-0.39, 0.29) is 5.75 Å². The number of benzene rings is 2. The molecule has 0 unspecified atom stereocenters. The second-order valence-corrected chi connectivity index (χ2v) is 4.44. The molecular formula is C15H17NO2. The van der Waals surface area contributed by atoms with E-state index in [1.54, 1.807) is 18.2 Å². The number of phenolic OH excluding ortho intramolecular Hbond substituents is 2. The summed E-state index contributed by atoms with van der Waals surface area (Å²) >= 11 is 0. The molecule has 3 nitrogen and oxygen atoms in total. The molecule has 0 aliphatic rings. The average Bonchev–Trinajstić information content (AvgIpc) is 2.34. The van der Waals surface area contributed by atoms with Gasteiger partial charge in [-0.1, -0.05) is 18.2 Å². The van der Waals surface area contributed by atoms with Gasteiger partial charge in [-0.2, -0.15) is 0 Å². The monoisotopic (exact) mass is 243 g/mol. The lowest BCUT2D eigenvalue weighted by atomic mass is 10.1. The van der Waals surface area contributed by atoms with Crippen LogP contribution in [0.2, 0.25) is 0 Å². The zero-order valence-corrected chi connectivity index (χ0v) is 10.6. The Bertz CT molecular complexity index is 564. The first kappa shape index (κ1) is 12.3. The lowest BCUT2D eigenvalue weighted by Crippen LogP contribution is -2.01. The maximum absolute atomic E-state index is 9.68. The molecule has 0 heterocycles. The second kappa shape index (κ2) is 5.00. The largest absolute Gasteiger partial charge is 0.508 e. The first-order valence-corrected chi connectivity index (χ1v) is 5.89. The van der Waals surface area contributed by atoms with E-state index >= 15 is 0 Å². The summed E-state index contributed by atoms with van der Waals surface area (Å²) in [6, 6.07) is 10.9. The van der Waals surface area contributed by atoms with Gasteiger partial charge in [0.05, 0.1) is 0 Å². The number of aromatic hydroxyl groups is 2. The molecule has 0 atom stereocenters. The van der Waals surface area contributed by atoms with Gasteiger partial charge in [0.25, 0.3) is 0 Å². The third kappa shape index (κ3) is 2.56. The van der Waals surface area contributed by atoms with E-state index < -0.39 is 0 Å². The van der Waals surface area contributed by atoms with Crippen LogP contribution in [-0.2, 0) is 6.54 Å². The molecule has 0 bridgehead atoms. The van der Waals surface area contributed by atoms with Crippen molar-refractivity contribution in [1.82, 2.24) is 0 Å². The topological polar surface area (TPSA) is 52.5 Å². The summed E-state index contributed by atoms with van der Waals surface area (Å²) in [6.07, 6.45) is 0. The highest BCUT2D eigenvalue weighted by molar-refractivity contribution is 5.57. The quantitative estimate of drug-likeness (QED) is 0.725. The van der Waals surface area contributed by atoms with Gasteiger partial charge in [-0.15, -0.1) is 0 Å². The second-order valence-electron chi connectivity index (χ2n) is 4.44. The van der Waals surface area contributed by atoms with Crippen LogP contribution in [0.25, 0.3) is 0 Å². The standard InChI is InChI=1S/C15H17NO2/c1-10-8-15(18)11(2)7-13(10)16-9-12-5-3-4-6-14(12)17/h3-8,16-18H,9H2,1-2H3. The van der Waals surface area contributed by atoms with Crippen LogP contribution in [0.1, 0.15) is 16.7 Å². The molecule has 2 aromatic rings. The number of nitrogens with one attached hydrogen (secondary N) is 1. The Labute approximate surface area is 107 Å². The lowest BCUT2D eigenvalue weighted by molar-refractivity contribution is 0.468. The Kier molecular flexibility index (Phi) is 3.42. The molecule has 0 aromatic heterocycles. The minimum Gasteiger partial charge on any atom is -0.508 e. The van der Waals surface area contributed by atoms with Gasteiger partial charge in [-0.25, -0.2) is 0 Å². The van der Waals surface area contributed by atoms with Gasteiger partial charge in [-0.05, 0) is 43.2 Å². The van der Waals surface area contributed by atoms with Crippen molar-refractivity contribution in [3.8, 4) is 11.5 Å². The summed E-state index contributed by atoms with van der Waals surface area (Å²) in [4.78, 5) is 0. The van der Waals surface area contributed by atoms with Crippen LogP contribution in [0, 0.1) is 13.8 Å². The van der Waals surface area contributed by atoms with E-state index in [0.717, 1.165) is 22.4 Å². The Balaban J connectivity index is 2.16. The summed E-state index contributed by atoms with van der Waals surface area (Å²) in [5.41, 5.74) is 3.63. The molecule has 0 aliphatic carbocycles. The fourth-order valence-electron chi connectivity index (χ4n) is 1.84. The predicted molar refractivity (Wildman–Crippen MR) is 73.0 cm³/mol. The van der Waals surface area contributed by atoms with Gasteiger partial charge in [0, 0.05) is 17.8 Å². The molecule has 2 aromatic carbocycles. The Morgan fingerprint density at radius 1 is 0.944 bits per heavy atom. The number of rotatable bonds is 3. The third-order valence-electron chi connectivity index (χ3n) is 3.00. The maximum Gasteiger partial charge on any atom is 0.120 e. The summed E-state index contributed by atoms with van der Waals surface area (Å²) in [5, 5.41) is 22.5. The number of aryl methyl sites for hydroxylation is 2. The van der Waals surface area contributed by atoms with Crippen molar-refractivity contribution in [3.63, 3.8) is 0 Å². The van der Waals surface area contributed by atoms with E-state index in [1.807, 2.05) is 32.0 Å². The molecule has 0 saturated heterocycles. The number of phenols is 2. The van der Waals surface area contributed by atoms with Crippen molar-refractivity contribution >= 4 is 5.69 Å². The fraction of sp³-hybridized carbons (Fsp3) is 0.200. The SMILES string of the molecule is Cc1cc(NCc2ccccc2O)c(C)cc1O. The first-order valence-electron chi connectivity index (χ1n) is 5.89. The van der Waals surface area contributed by atoms with Crippen LogP contribution in [0.4, 0.5) is 5.69 Å². The van der Waals surface area contributed by atoms with Crippen molar-refractivity contribution < 1.29 is 10.2 Å². The van der Waals surface area contributed by atoms with Crippen LogP contribution in [-0.4, -0.2) is 10.2 Å². The van der Waals surface area contributed by atoms with Crippen molar-refractivity contribution in [2.24, 2.45) is 0 Å². The molecule has 3 heteroatoms. The fourth-order valence-corrected chi connectivity index (χ4v) is 1.84. The van der Waals surface area contributed by atoms with E-state index in [4.69, 9.17) is 0 Å². The number of hydrogen-bond acceptors (Lipinski definition) is 3. The van der Waals surface area contributed by atoms with Crippen LogP contribution >= 0.6 is 0 Å². The van der Waals surface area contributed by atoms with Crippen molar-refractivity contribution in [3.05, 3.63) is 53.1 Å². The lowest BCUT2D eigenvalue weighted by Gasteiger charge is -2.12. The van der Waals surface area contributed by atoms with E-state index in [1.165, 1.54) is 0 Å². The number of anilines is 1. The summed E-state index contributed by atoms with van der Waals surface area (Å²) in [5.74, 6) is 0.596. The van der Waals surface area contributed by atoms with Crippen molar-refractivity contribution in [2.45, 2.75) is 20.4 Å². The highest BCUT2D eigenvalue weighted by Crippen LogP contribution is 2.26. The molecule has 0 amide bonds. The van der Waals surface area contributed by atoms with E-state index in [0.29, 0.717) is 12.3 Å². The van der Waals surface area contributed by atoms with Gasteiger partial charge in [-0.3, -0.25) is 0 Å². The molecule has 18 heavy (non-hydrogen) atoms. The first-order chi connectivity index (χ1) is 8.58. The molecule has 94 valence electrons. The Hall–Kier alpha value is -2.16. The van der Waals surface area contributed by atoms with Crippen LogP contribution in [0.5, 0.6) is 11.5 Å². The molecule has 2 rings (SSSR count). The number of para-hydroxylation sites is 1. The van der Waals surface area contributed by atoms with Gasteiger partial charge >= 0.3 is 0 Å². The van der Waals surface area contributed by atoms with Crippen LogP contribution in [0.3, 0.4) is 0 Å². The summed E-state index contributed by atoms with van der Waals surface area (Å²) in [6.45, 7) is 4.35. The zero-order chi connectivity index (χ0) is 13.1. The summed E-state index contributed by atoms with van der Waals surface area (Å²) in [7, 11) is 0. The van der Waals surface area contributed by atoms with Gasteiger partial charge in [0.2, 0.25) is 0 Å². The van der Waals surface area contributed by atoms with Gasteiger partial charge < -0.3 is 15.5 Å². The van der Waals surface area contributed by atoms with Crippen molar-refractivity contribution in [2.75, 3.05) is 5.32 Å². The molecular weight excluding hydrogens is 226 g/mol. The van der Waals surface area contributed by atoms with Crippen LogP contribution in [0.15, 0.2) is 36.4 Å². The highest BCUT2D eigenvalue weighted by atomic mass is 16.3. The average molecular weight is 243 g/mol. The summed E-state index contributed by atoms with van der Waals surface area (Å²) < 4.78 is 0. The smallest absolute Gasteiger partial charge is 0.120 e. The minimum absolute atomic E-state index is 0.290. The molecule has 0 fully saturated rings. The normalized spacial score (nSPS) is 10.3. The third-order valence-corrected chi connectivity index (χ3v) is 3.00. The van der Waals surface area contributed by atoms with E-state index in [9.17, 15) is 10.2 Å². The van der Waals surface area contributed by atoms with Gasteiger partial charge in [0.1, 0.15) is 11.5 Å². The van der Waals surface area contributed by atoms with Gasteiger partial charge in [0.15, 0.2) is 0 Å². The molecule has 3 N–H and O–H groups in total. The minimum atomic E-state index is 0.290.